The Kier molecular flexibility index (Phi) is 4.81. The van der Waals surface area contributed by atoms with Crippen LogP contribution in [0, 0.1) is 0 Å². The first-order valence-electron chi connectivity index (χ1n) is 6.25. The van der Waals surface area contributed by atoms with E-state index in [9.17, 15) is 14.7 Å². The molecule has 22 heavy (non-hydrogen) atoms. The minimum atomic E-state index is -1.30. The number of aromatic carboxylic acids is 1. The van der Waals surface area contributed by atoms with E-state index < -0.39 is 17.8 Å². The zero-order valence-electron chi connectivity index (χ0n) is 11.4. The zero-order valence-corrected chi connectivity index (χ0v) is 11.4. The van der Waals surface area contributed by atoms with Crippen molar-refractivity contribution in [1.29, 1.82) is 0 Å². The number of nitrogens with one attached hydrogen (secondary N) is 1. The molecule has 2 rings (SSSR count). The Morgan fingerprint density at radius 1 is 1.05 bits per heavy atom. The van der Waals surface area contributed by atoms with E-state index in [-0.39, 0.29) is 18.0 Å². The number of carbonyl (C=O) groups is 2. The van der Waals surface area contributed by atoms with Gasteiger partial charge >= 0.3 is 12.1 Å². The molecule has 0 atom stereocenters. The number of rotatable bonds is 5. The van der Waals surface area contributed by atoms with Crippen molar-refractivity contribution in [1.82, 2.24) is 0 Å². The lowest BCUT2D eigenvalue weighted by Gasteiger charge is -2.10. The number of para-hydroxylation sites is 2. The van der Waals surface area contributed by atoms with E-state index in [4.69, 9.17) is 14.6 Å². The van der Waals surface area contributed by atoms with Gasteiger partial charge in [-0.05, 0) is 24.3 Å². The molecule has 0 aromatic heterocycles. The number of carboxylic acid groups (broad SMARTS) is 1. The number of hydrogen-bond acceptors (Lipinski definition) is 5. The number of aromatic hydroxyl groups is 1. The quantitative estimate of drug-likeness (QED) is 0.579. The fourth-order valence-electron chi connectivity index (χ4n) is 1.63. The van der Waals surface area contributed by atoms with E-state index >= 15 is 0 Å². The first-order valence-corrected chi connectivity index (χ1v) is 6.25. The van der Waals surface area contributed by atoms with Gasteiger partial charge in [-0.3, -0.25) is 5.32 Å². The second-order valence-electron chi connectivity index (χ2n) is 4.14. The molecule has 0 aliphatic heterocycles. The van der Waals surface area contributed by atoms with E-state index in [0.717, 1.165) is 0 Å². The summed E-state index contributed by atoms with van der Waals surface area (Å²) in [5.74, 6) is -1.32. The fourth-order valence-corrected chi connectivity index (χ4v) is 1.63. The van der Waals surface area contributed by atoms with E-state index in [0.29, 0.717) is 5.75 Å². The SMILES string of the molecule is O=C(Nc1cccc(C(=O)O)c1O)OCOc1ccccc1. The normalized spacial score (nSPS) is 9.82. The second-order valence-corrected chi connectivity index (χ2v) is 4.14. The zero-order chi connectivity index (χ0) is 15.9. The number of carboxylic acids is 1. The number of hydrogen-bond donors (Lipinski definition) is 3. The van der Waals surface area contributed by atoms with Crippen LogP contribution in [0.5, 0.6) is 11.5 Å². The Bertz CT molecular complexity index is 671. The van der Waals surface area contributed by atoms with Crippen molar-refractivity contribution in [3.63, 3.8) is 0 Å². The topological polar surface area (TPSA) is 105 Å². The molecule has 114 valence electrons. The van der Waals surface area contributed by atoms with E-state index in [1.54, 1.807) is 24.3 Å². The highest BCUT2D eigenvalue weighted by Gasteiger charge is 2.15. The van der Waals surface area contributed by atoms with Crippen molar-refractivity contribution in [2.24, 2.45) is 0 Å². The largest absolute Gasteiger partial charge is 0.505 e. The van der Waals surface area contributed by atoms with Gasteiger partial charge in [-0.1, -0.05) is 24.3 Å². The third-order valence-corrected chi connectivity index (χ3v) is 2.66. The van der Waals surface area contributed by atoms with Crippen LogP contribution in [0.15, 0.2) is 48.5 Å². The molecule has 0 heterocycles. The lowest BCUT2D eigenvalue weighted by Crippen LogP contribution is -2.17. The predicted octanol–water partition coefficient (Wildman–Crippen LogP) is 2.68. The van der Waals surface area contributed by atoms with Crippen molar-refractivity contribution < 1.29 is 29.3 Å². The van der Waals surface area contributed by atoms with Crippen molar-refractivity contribution >= 4 is 17.7 Å². The summed E-state index contributed by atoms with van der Waals surface area (Å²) in [5.41, 5.74) is -0.386. The summed E-state index contributed by atoms with van der Waals surface area (Å²) in [6.07, 6.45) is -0.881. The maximum atomic E-state index is 11.6. The first-order chi connectivity index (χ1) is 10.6. The number of benzene rings is 2. The van der Waals surface area contributed by atoms with Crippen molar-refractivity contribution in [3.8, 4) is 11.5 Å². The van der Waals surface area contributed by atoms with Crippen LogP contribution in [-0.4, -0.2) is 29.1 Å². The molecular formula is C15H13NO6. The molecule has 1 amide bonds. The van der Waals surface area contributed by atoms with Gasteiger partial charge in [-0.15, -0.1) is 0 Å². The average molecular weight is 303 g/mol. The molecule has 7 heteroatoms. The molecule has 0 fully saturated rings. The lowest BCUT2D eigenvalue weighted by atomic mass is 10.2. The van der Waals surface area contributed by atoms with Crippen LogP contribution >= 0.6 is 0 Å². The molecule has 0 unspecified atom stereocenters. The van der Waals surface area contributed by atoms with E-state index in [1.807, 2.05) is 6.07 Å². The monoisotopic (exact) mass is 303 g/mol. The summed E-state index contributed by atoms with van der Waals surface area (Å²) in [5, 5.41) is 20.8. The summed E-state index contributed by atoms with van der Waals surface area (Å²) < 4.78 is 9.94. The average Bonchev–Trinajstić information content (AvgIpc) is 2.50. The van der Waals surface area contributed by atoms with Crippen LogP contribution in [0.25, 0.3) is 0 Å². The van der Waals surface area contributed by atoms with Crippen LogP contribution in [0.4, 0.5) is 10.5 Å². The van der Waals surface area contributed by atoms with Crippen LogP contribution in [-0.2, 0) is 4.74 Å². The molecule has 2 aromatic rings. The Morgan fingerprint density at radius 2 is 1.77 bits per heavy atom. The van der Waals surface area contributed by atoms with Crippen LogP contribution < -0.4 is 10.1 Å². The van der Waals surface area contributed by atoms with Crippen molar-refractivity contribution in [2.45, 2.75) is 0 Å². The van der Waals surface area contributed by atoms with Gasteiger partial charge in [0.25, 0.3) is 0 Å². The maximum Gasteiger partial charge on any atom is 0.414 e. The number of anilines is 1. The highest BCUT2D eigenvalue weighted by Crippen LogP contribution is 2.27. The fraction of sp³-hybridized carbons (Fsp3) is 0.0667. The van der Waals surface area contributed by atoms with Gasteiger partial charge in [0.05, 0.1) is 5.69 Å². The summed E-state index contributed by atoms with van der Waals surface area (Å²) >= 11 is 0. The smallest absolute Gasteiger partial charge is 0.414 e. The van der Waals surface area contributed by atoms with Gasteiger partial charge in [0, 0.05) is 0 Å². The number of phenols is 1. The van der Waals surface area contributed by atoms with Crippen LogP contribution in [0.2, 0.25) is 0 Å². The molecule has 3 N–H and O–H groups in total. The first kappa shape index (κ1) is 15.2. The standard InChI is InChI=1S/C15H13NO6/c17-13-11(14(18)19)7-4-8-12(13)16-15(20)22-9-21-10-5-2-1-3-6-10/h1-8,17H,9H2,(H,16,20)(H,18,19). The molecule has 0 saturated carbocycles. The third kappa shape index (κ3) is 3.89. The summed E-state index contributed by atoms with van der Waals surface area (Å²) in [6, 6.07) is 12.7. The summed E-state index contributed by atoms with van der Waals surface area (Å²) in [4.78, 5) is 22.4. The highest BCUT2D eigenvalue weighted by atomic mass is 16.7. The molecule has 0 radical (unpaired) electrons. The molecule has 0 spiro atoms. The number of carbonyl (C=O) groups excluding carboxylic acids is 1. The Labute approximate surface area is 125 Å². The van der Waals surface area contributed by atoms with Crippen LogP contribution in [0.1, 0.15) is 10.4 Å². The molecular weight excluding hydrogens is 290 g/mol. The van der Waals surface area contributed by atoms with Gasteiger partial charge < -0.3 is 19.7 Å². The van der Waals surface area contributed by atoms with Gasteiger partial charge in [0.15, 0.2) is 5.75 Å². The molecule has 7 nitrogen and oxygen atoms in total. The van der Waals surface area contributed by atoms with Gasteiger partial charge in [0.2, 0.25) is 6.79 Å². The highest BCUT2D eigenvalue weighted by molar-refractivity contribution is 5.96. The maximum absolute atomic E-state index is 11.6. The van der Waals surface area contributed by atoms with Gasteiger partial charge in [-0.2, -0.15) is 0 Å². The minimum Gasteiger partial charge on any atom is -0.505 e. The van der Waals surface area contributed by atoms with E-state index in [1.165, 1.54) is 18.2 Å². The van der Waals surface area contributed by atoms with E-state index in [2.05, 4.69) is 5.32 Å². The number of amides is 1. The minimum absolute atomic E-state index is 0.0652. The predicted molar refractivity (Wildman–Crippen MR) is 77.1 cm³/mol. The summed E-state index contributed by atoms with van der Waals surface area (Å²) in [6.45, 7) is -0.324. The van der Waals surface area contributed by atoms with Crippen molar-refractivity contribution in [3.05, 3.63) is 54.1 Å². The molecule has 0 aliphatic rings. The molecule has 2 aromatic carbocycles. The second kappa shape index (κ2) is 6.98. The van der Waals surface area contributed by atoms with Crippen LogP contribution in [0.3, 0.4) is 0 Å². The van der Waals surface area contributed by atoms with Gasteiger partial charge in [0.1, 0.15) is 11.3 Å². The Hall–Kier alpha value is -3.22. The lowest BCUT2D eigenvalue weighted by molar-refractivity contribution is 0.0676. The van der Waals surface area contributed by atoms with Gasteiger partial charge in [-0.25, -0.2) is 9.59 Å². The molecule has 0 saturated heterocycles. The summed E-state index contributed by atoms with van der Waals surface area (Å²) in [7, 11) is 0. The van der Waals surface area contributed by atoms with Crippen molar-refractivity contribution in [2.75, 3.05) is 12.1 Å². The number of ether oxygens (including phenoxy) is 2. The Morgan fingerprint density at radius 3 is 2.45 bits per heavy atom. The third-order valence-electron chi connectivity index (χ3n) is 2.66. The Balaban J connectivity index is 1.90. The molecule has 0 bridgehead atoms. The molecule has 0 aliphatic carbocycles.